The van der Waals surface area contributed by atoms with Gasteiger partial charge in [-0.1, -0.05) is 12.1 Å². The molecule has 0 radical (unpaired) electrons. The Morgan fingerprint density at radius 1 is 1.03 bits per heavy atom. The number of aryl methyl sites for hydroxylation is 1. The van der Waals surface area contributed by atoms with Crippen LogP contribution in [0.5, 0.6) is 17.2 Å². The summed E-state index contributed by atoms with van der Waals surface area (Å²) < 4.78 is 11.4. The zero-order valence-corrected chi connectivity index (χ0v) is 21.3. The van der Waals surface area contributed by atoms with Crippen LogP contribution in [0, 0.1) is 0 Å². The van der Waals surface area contributed by atoms with E-state index >= 15 is 0 Å². The molecule has 1 aliphatic rings. The van der Waals surface area contributed by atoms with E-state index in [2.05, 4.69) is 52.0 Å². The van der Waals surface area contributed by atoms with Crippen LogP contribution in [0.3, 0.4) is 0 Å². The van der Waals surface area contributed by atoms with Gasteiger partial charge in [0.1, 0.15) is 23.9 Å². The van der Waals surface area contributed by atoms with Crippen LogP contribution in [0.25, 0.3) is 0 Å². The number of aromatic nitrogens is 1. The molecule has 1 N–H and O–H groups in total. The molecule has 3 aromatic rings. The quantitative estimate of drug-likeness (QED) is 0.444. The van der Waals surface area contributed by atoms with E-state index in [9.17, 15) is 5.11 Å². The van der Waals surface area contributed by atoms with Gasteiger partial charge in [0, 0.05) is 24.8 Å². The summed E-state index contributed by atoms with van der Waals surface area (Å²) in [6.07, 6.45) is 4.83. The molecule has 0 saturated carbocycles. The number of benzene rings is 2. The molecule has 6 nitrogen and oxygen atoms in total. The molecular formula is C29H37N3O3. The van der Waals surface area contributed by atoms with E-state index in [1.807, 2.05) is 32.4 Å². The summed E-state index contributed by atoms with van der Waals surface area (Å²) in [6, 6.07) is 16.3. The summed E-state index contributed by atoms with van der Waals surface area (Å²) in [6.45, 7) is 5.27. The van der Waals surface area contributed by atoms with Crippen LogP contribution in [-0.4, -0.2) is 55.9 Å². The molecule has 0 amide bonds. The summed E-state index contributed by atoms with van der Waals surface area (Å²) >= 11 is 0. The Labute approximate surface area is 209 Å². The number of hydrogen-bond donors (Lipinski definition) is 1. The largest absolute Gasteiger partial charge is 0.508 e. The van der Waals surface area contributed by atoms with Gasteiger partial charge in [0.2, 0.25) is 0 Å². The van der Waals surface area contributed by atoms with Crippen molar-refractivity contribution in [2.45, 2.75) is 38.6 Å². The molecule has 0 aliphatic heterocycles. The number of phenolic OH excluding ortho intramolecular Hbond substituents is 1. The van der Waals surface area contributed by atoms with Gasteiger partial charge in [0.05, 0.1) is 25.5 Å². The molecule has 1 atom stereocenters. The van der Waals surface area contributed by atoms with Crippen LogP contribution in [0.15, 0.2) is 54.7 Å². The summed E-state index contributed by atoms with van der Waals surface area (Å²) in [5.74, 6) is 2.43. The SMILES string of the molecule is CCN(Cc1ccc(OCCN(C)C)cn1)c1cc(OC)ccc1C1CCc2cc(O)ccc2C1. The Balaban J connectivity index is 1.54. The smallest absolute Gasteiger partial charge is 0.137 e. The first-order chi connectivity index (χ1) is 17.0. The summed E-state index contributed by atoms with van der Waals surface area (Å²) in [5.41, 5.74) is 6.14. The molecule has 1 heterocycles. The van der Waals surface area contributed by atoms with Crippen molar-refractivity contribution >= 4 is 5.69 Å². The average molecular weight is 476 g/mol. The number of hydrogen-bond acceptors (Lipinski definition) is 6. The predicted octanol–water partition coefficient (Wildman–Crippen LogP) is 5.04. The van der Waals surface area contributed by atoms with Gasteiger partial charge in [-0.05, 0) is 93.2 Å². The molecule has 2 aromatic carbocycles. The number of pyridine rings is 1. The molecule has 0 saturated heterocycles. The highest BCUT2D eigenvalue weighted by Gasteiger charge is 2.25. The van der Waals surface area contributed by atoms with Crippen molar-refractivity contribution in [1.29, 1.82) is 0 Å². The summed E-state index contributed by atoms with van der Waals surface area (Å²) in [7, 11) is 5.79. The van der Waals surface area contributed by atoms with Crippen molar-refractivity contribution in [3.8, 4) is 17.2 Å². The zero-order chi connectivity index (χ0) is 24.8. The van der Waals surface area contributed by atoms with E-state index in [0.29, 0.717) is 24.8 Å². The molecule has 0 bridgehead atoms. The lowest BCUT2D eigenvalue weighted by molar-refractivity contribution is 0.260. The standard InChI is InChI=1S/C29H37N3O3/c1-5-32(20-24-9-11-27(19-30-24)35-15-14-31(2)3)29-18-26(34-4)12-13-28(29)23-7-6-22-17-25(33)10-8-21(22)16-23/h8-13,17-19,23,33H,5-7,14-16,20H2,1-4H3. The molecule has 1 aliphatic carbocycles. The molecule has 0 spiro atoms. The molecule has 186 valence electrons. The lowest BCUT2D eigenvalue weighted by Crippen LogP contribution is -2.25. The second-order valence-electron chi connectivity index (χ2n) is 9.47. The van der Waals surface area contributed by atoms with Gasteiger partial charge in [-0.25, -0.2) is 0 Å². The molecule has 6 heteroatoms. The van der Waals surface area contributed by atoms with Crippen molar-refractivity contribution in [3.05, 3.63) is 77.1 Å². The average Bonchev–Trinajstić information content (AvgIpc) is 2.87. The van der Waals surface area contributed by atoms with Gasteiger partial charge < -0.3 is 24.4 Å². The Hall–Kier alpha value is -3.25. The van der Waals surface area contributed by atoms with Crippen molar-refractivity contribution < 1.29 is 14.6 Å². The third-order valence-electron chi connectivity index (χ3n) is 6.78. The van der Waals surface area contributed by atoms with Crippen molar-refractivity contribution in [2.24, 2.45) is 0 Å². The third kappa shape index (κ3) is 6.25. The number of phenols is 1. The number of rotatable bonds is 10. The fraction of sp³-hybridized carbons (Fsp3) is 0.414. The van der Waals surface area contributed by atoms with Gasteiger partial charge in [0.15, 0.2) is 0 Å². The highest BCUT2D eigenvalue weighted by Crippen LogP contribution is 2.40. The number of fused-ring (bicyclic) bond motifs is 1. The van der Waals surface area contributed by atoms with E-state index < -0.39 is 0 Å². The molecule has 4 rings (SSSR count). The van der Waals surface area contributed by atoms with Crippen LogP contribution in [0.4, 0.5) is 5.69 Å². The first-order valence-electron chi connectivity index (χ1n) is 12.4. The van der Waals surface area contributed by atoms with E-state index in [4.69, 9.17) is 9.47 Å². The van der Waals surface area contributed by atoms with Crippen LogP contribution in [0.1, 0.15) is 41.6 Å². The second kappa shape index (κ2) is 11.5. The summed E-state index contributed by atoms with van der Waals surface area (Å²) in [5, 5.41) is 9.86. The number of aromatic hydroxyl groups is 1. The van der Waals surface area contributed by atoms with E-state index in [0.717, 1.165) is 49.5 Å². The van der Waals surface area contributed by atoms with Gasteiger partial charge in [0.25, 0.3) is 0 Å². The van der Waals surface area contributed by atoms with Crippen LogP contribution in [-0.2, 0) is 19.4 Å². The maximum atomic E-state index is 9.86. The maximum absolute atomic E-state index is 9.86. The van der Waals surface area contributed by atoms with Crippen molar-refractivity contribution in [3.63, 3.8) is 0 Å². The fourth-order valence-electron chi connectivity index (χ4n) is 4.78. The highest BCUT2D eigenvalue weighted by molar-refractivity contribution is 5.59. The number of methoxy groups -OCH3 is 1. The Morgan fingerprint density at radius 2 is 1.86 bits per heavy atom. The number of nitrogens with zero attached hydrogens (tertiary/aromatic N) is 3. The van der Waals surface area contributed by atoms with Gasteiger partial charge in [-0.3, -0.25) is 4.98 Å². The first kappa shape index (κ1) is 24.9. The molecule has 1 aromatic heterocycles. The van der Waals surface area contributed by atoms with E-state index in [-0.39, 0.29) is 0 Å². The van der Waals surface area contributed by atoms with Gasteiger partial charge in [-0.15, -0.1) is 0 Å². The predicted molar refractivity (Wildman–Crippen MR) is 141 cm³/mol. The minimum absolute atomic E-state index is 0.353. The highest BCUT2D eigenvalue weighted by atomic mass is 16.5. The number of ether oxygens (including phenoxy) is 2. The van der Waals surface area contributed by atoms with Crippen molar-refractivity contribution in [2.75, 3.05) is 45.8 Å². The van der Waals surface area contributed by atoms with Gasteiger partial charge in [-0.2, -0.15) is 0 Å². The van der Waals surface area contributed by atoms with Crippen LogP contribution < -0.4 is 14.4 Å². The van der Waals surface area contributed by atoms with E-state index in [1.165, 1.54) is 22.4 Å². The maximum Gasteiger partial charge on any atom is 0.137 e. The normalized spacial score (nSPS) is 15.1. The van der Waals surface area contributed by atoms with Crippen LogP contribution in [0.2, 0.25) is 0 Å². The topological polar surface area (TPSA) is 58.1 Å². The Kier molecular flexibility index (Phi) is 8.13. The first-order valence-corrected chi connectivity index (χ1v) is 12.4. The van der Waals surface area contributed by atoms with Crippen LogP contribution >= 0.6 is 0 Å². The zero-order valence-electron chi connectivity index (χ0n) is 21.3. The lowest BCUT2D eigenvalue weighted by Gasteiger charge is -2.31. The van der Waals surface area contributed by atoms with E-state index in [1.54, 1.807) is 13.2 Å². The van der Waals surface area contributed by atoms with Crippen molar-refractivity contribution in [1.82, 2.24) is 9.88 Å². The Bertz CT molecular complexity index is 1110. The number of likely N-dealkylation sites (N-methyl/N-ethyl adjacent to an activating group) is 1. The molecule has 1 unspecified atom stereocenters. The second-order valence-corrected chi connectivity index (χ2v) is 9.47. The van der Waals surface area contributed by atoms with Gasteiger partial charge >= 0.3 is 0 Å². The molecular weight excluding hydrogens is 438 g/mol. The minimum Gasteiger partial charge on any atom is -0.508 e. The third-order valence-corrected chi connectivity index (χ3v) is 6.78. The number of anilines is 1. The minimum atomic E-state index is 0.353. The Morgan fingerprint density at radius 3 is 2.57 bits per heavy atom. The lowest BCUT2D eigenvalue weighted by atomic mass is 9.79. The molecule has 0 fully saturated rings. The summed E-state index contributed by atoms with van der Waals surface area (Å²) in [4.78, 5) is 9.15. The monoisotopic (exact) mass is 475 g/mol. The molecule has 35 heavy (non-hydrogen) atoms. The fourth-order valence-corrected chi connectivity index (χ4v) is 4.78.